The molecule has 2 aliphatic heterocycles. The molecule has 0 bridgehead atoms. The molecule has 0 aliphatic carbocycles. The van der Waals surface area contributed by atoms with Crippen molar-refractivity contribution in [2.45, 2.75) is 32.1 Å². The normalized spacial score (nSPS) is 21.6. The summed E-state index contributed by atoms with van der Waals surface area (Å²) in [5.74, 6) is 0.668. The summed E-state index contributed by atoms with van der Waals surface area (Å²) in [5.41, 5.74) is 2.32. The minimum atomic E-state index is -0.0274. The van der Waals surface area contributed by atoms with Crippen LogP contribution in [0.25, 0.3) is 5.82 Å². The van der Waals surface area contributed by atoms with E-state index in [0.717, 1.165) is 17.8 Å². The zero-order valence-electron chi connectivity index (χ0n) is 14.9. The fourth-order valence-electron chi connectivity index (χ4n) is 3.86. The molecule has 0 radical (unpaired) electrons. The van der Waals surface area contributed by atoms with Crippen LogP contribution in [-0.2, 0) is 11.3 Å². The summed E-state index contributed by atoms with van der Waals surface area (Å²) in [6.45, 7) is 3.62. The van der Waals surface area contributed by atoms with Gasteiger partial charge in [-0.25, -0.2) is 14.3 Å². The highest BCUT2D eigenvalue weighted by Crippen LogP contribution is 2.31. The van der Waals surface area contributed by atoms with Gasteiger partial charge in [0, 0.05) is 19.3 Å². The first-order valence-electron chi connectivity index (χ1n) is 8.98. The van der Waals surface area contributed by atoms with Crippen molar-refractivity contribution < 1.29 is 9.53 Å². The number of rotatable bonds is 2. The van der Waals surface area contributed by atoms with E-state index in [1.54, 1.807) is 23.3 Å². The second kappa shape index (κ2) is 6.27. The van der Waals surface area contributed by atoms with Crippen molar-refractivity contribution in [3.63, 3.8) is 0 Å². The Morgan fingerprint density at radius 3 is 3.07 bits per heavy atom. The summed E-state index contributed by atoms with van der Waals surface area (Å²) in [7, 11) is 0. The number of carbonyl (C=O) groups is 1. The van der Waals surface area contributed by atoms with Crippen LogP contribution in [0, 0.1) is 6.92 Å². The van der Waals surface area contributed by atoms with Crippen LogP contribution in [0.4, 0.5) is 0 Å². The number of ether oxygens (including phenoxy) is 1. The van der Waals surface area contributed by atoms with Gasteiger partial charge in [0.15, 0.2) is 5.82 Å². The SMILES string of the molecule is Cc1c(C(=O)N2CC[C@@H]3OCc4cnnn4[C@@H]3C2)cnn1-c1ccccn1. The van der Waals surface area contributed by atoms with E-state index < -0.39 is 0 Å². The van der Waals surface area contributed by atoms with Crippen molar-refractivity contribution in [3.05, 3.63) is 53.7 Å². The molecule has 27 heavy (non-hydrogen) atoms. The molecule has 0 unspecified atom stereocenters. The van der Waals surface area contributed by atoms with Crippen LogP contribution in [0.15, 0.2) is 36.8 Å². The largest absolute Gasteiger partial charge is 0.370 e. The number of carbonyl (C=O) groups excluding carboxylic acids is 1. The van der Waals surface area contributed by atoms with Crippen molar-refractivity contribution in [1.29, 1.82) is 0 Å². The topological polar surface area (TPSA) is 91.0 Å². The number of hydrogen-bond acceptors (Lipinski definition) is 6. The number of piperidine rings is 1. The van der Waals surface area contributed by atoms with Gasteiger partial charge in [0.05, 0.1) is 48.1 Å². The summed E-state index contributed by atoms with van der Waals surface area (Å²) in [5, 5.41) is 12.5. The number of fused-ring (bicyclic) bond motifs is 3. The number of amides is 1. The lowest BCUT2D eigenvalue weighted by Crippen LogP contribution is -2.50. The molecule has 3 aromatic heterocycles. The average Bonchev–Trinajstić information content (AvgIpc) is 3.34. The van der Waals surface area contributed by atoms with Gasteiger partial charge < -0.3 is 9.64 Å². The lowest BCUT2D eigenvalue weighted by Gasteiger charge is -2.40. The maximum atomic E-state index is 13.2. The van der Waals surface area contributed by atoms with E-state index in [9.17, 15) is 4.79 Å². The molecule has 2 aliphatic rings. The molecule has 0 saturated carbocycles. The summed E-state index contributed by atoms with van der Waals surface area (Å²) in [4.78, 5) is 19.3. The minimum Gasteiger partial charge on any atom is -0.370 e. The molecule has 5 heterocycles. The van der Waals surface area contributed by atoms with Crippen LogP contribution in [-0.4, -0.2) is 59.8 Å². The Bertz CT molecular complexity index is 981. The number of aromatic nitrogens is 6. The molecule has 1 saturated heterocycles. The molecule has 0 spiro atoms. The molecular formula is C18H19N7O2. The standard InChI is InChI=1S/C18H19N7O2/c1-12-14(9-21-24(12)17-4-2-3-6-19-17)18(26)23-7-5-16-15(10-23)25-13(11-27-16)8-20-22-25/h2-4,6,8-9,15-16H,5,7,10-11H2,1H3/t15-,16+/m1/s1. The van der Waals surface area contributed by atoms with E-state index in [0.29, 0.717) is 31.1 Å². The van der Waals surface area contributed by atoms with Crippen molar-refractivity contribution in [1.82, 2.24) is 34.7 Å². The molecule has 0 aromatic carbocycles. The summed E-state index contributed by atoms with van der Waals surface area (Å²) in [6.07, 6.45) is 5.90. The lowest BCUT2D eigenvalue weighted by molar-refractivity contribution is -0.0605. The highest BCUT2D eigenvalue weighted by atomic mass is 16.5. The van der Waals surface area contributed by atoms with E-state index in [2.05, 4.69) is 20.4 Å². The monoisotopic (exact) mass is 365 g/mol. The van der Waals surface area contributed by atoms with Crippen molar-refractivity contribution in [3.8, 4) is 5.82 Å². The molecule has 5 rings (SSSR count). The maximum Gasteiger partial charge on any atom is 0.257 e. The third-order valence-corrected chi connectivity index (χ3v) is 5.32. The van der Waals surface area contributed by atoms with Gasteiger partial charge in [-0.1, -0.05) is 11.3 Å². The van der Waals surface area contributed by atoms with Gasteiger partial charge in [-0.3, -0.25) is 4.79 Å². The Balaban J connectivity index is 1.40. The molecule has 9 heteroatoms. The van der Waals surface area contributed by atoms with Crippen LogP contribution < -0.4 is 0 Å². The molecule has 3 aromatic rings. The Kier molecular flexibility index (Phi) is 3.75. The minimum absolute atomic E-state index is 0.0000843. The highest BCUT2D eigenvalue weighted by Gasteiger charge is 2.38. The first-order chi connectivity index (χ1) is 13.2. The zero-order valence-corrected chi connectivity index (χ0v) is 14.9. The van der Waals surface area contributed by atoms with Crippen LogP contribution in [0.2, 0.25) is 0 Å². The maximum absolute atomic E-state index is 13.2. The van der Waals surface area contributed by atoms with Crippen LogP contribution >= 0.6 is 0 Å². The zero-order chi connectivity index (χ0) is 18.4. The summed E-state index contributed by atoms with van der Waals surface area (Å²) < 4.78 is 9.52. The van der Waals surface area contributed by atoms with E-state index in [4.69, 9.17) is 4.74 Å². The molecular weight excluding hydrogens is 346 g/mol. The Labute approximate surface area is 155 Å². The van der Waals surface area contributed by atoms with Gasteiger partial charge in [0.2, 0.25) is 0 Å². The predicted octanol–water partition coefficient (Wildman–Crippen LogP) is 1.15. The first kappa shape index (κ1) is 16.1. The smallest absolute Gasteiger partial charge is 0.257 e. The second-order valence-corrected chi connectivity index (χ2v) is 6.87. The van der Waals surface area contributed by atoms with Crippen LogP contribution in [0.5, 0.6) is 0 Å². The first-order valence-corrected chi connectivity index (χ1v) is 8.98. The average molecular weight is 365 g/mol. The van der Waals surface area contributed by atoms with E-state index in [1.165, 1.54) is 0 Å². The number of nitrogens with zero attached hydrogens (tertiary/aromatic N) is 7. The van der Waals surface area contributed by atoms with E-state index in [1.807, 2.05) is 34.7 Å². The quantitative estimate of drug-likeness (QED) is 0.677. The molecule has 1 fully saturated rings. The van der Waals surface area contributed by atoms with Crippen molar-refractivity contribution >= 4 is 5.91 Å². The van der Waals surface area contributed by atoms with Gasteiger partial charge in [0.1, 0.15) is 0 Å². The van der Waals surface area contributed by atoms with E-state index >= 15 is 0 Å². The number of pyridine rings is 1. The molecule has 2 atom stereocenters. The Morgan fingerprint density at radius 2 is 2.22 bits per heavy atom. The van der Waals surface area contributed by atoms with Crippen molar-refractivity contribution in [2.24, 2.45) is 0 Å². The van der Waals surface area contributed by atoms with Gasteiger partial charge in [-0.05, 0) is 25.5 Å². The fraction of sp³-hybridized carbons (Fsp3) is 0.389. The number of hydrogen-bond donors (Lipinski definition) is 0. The predicted molar refractivity (Wildman–Crippen MR) is 94.3 cm³/mol. The lowest BCUT2D eigenvalue weighted by atomic mass is 9.99. The third-order valence-electron chi connectivity index (χ3n) is 5.32. The molecule has 9 nitrogen and oxygen atoms in total. The van der Waals surface area contributed by atoms with Gasteiger partial charge in [-0.15, -0.1) is 5.10 Å². The molecule has 0 N–H and O–H groups in total. The highest BCUT2D eigenvalue weighted by molar-refractivity contribution is 5.95. The molecule has 1 amide bonds. The third kappa shape index (κ3) is 2.62. The van der Waals surface area contributed by atoms with Gasteiger partial charge >= 0.3 is 0 Å². The number of likely N-dealkylation sites (tertiary alicyclic amines) is 1. The van der Waals surface area contributed by atoms with Crippen molar-refractivity contribution in [2.75, 3.05) is 13.1 Å². The van der Waals surface area contributed by atoms with Crippen LogP contribution in [0.1, 0.15) is 34.2 Å². The molecule has 138 valence electrons. The fourth-order valence-corrected chi connectivity index (χ4v) is 3.86. The second-order valence-electron chi connectivity index (χ2n) is 6.87. The van der Waals surface area contributed by atoms with Crippen LogP contribution in [0.3, 0.4) is 0 Å². The Morgan fingerprint density at radius 1 is 1.30 bits per heavy atom. The summed E-state index contributed by atoms with van der Waals surface area (Å²) >= 11 is 0. The van der Waals surface area contributed by atoms with E-state index in [-0.39, 0.29) is 18.1 Å². The Hall–Kier alpha value is -3.07. The summed E-state index contributed by atoms with van der Waals surface area (Å²) in [6, 6.07) is 5.61. The van der Waals surface area contributed by atoms with Gasteiger partial charge in [-0.2, -0.15) is 5.10 Å². The van der Waals surface area contributed by atoms with Gasteiger partial charge in [0.25, 0.3) is 5.91 Å².